The largest absolute Gasteiger partial charge is 0.381 e. The first-order valence-corrected chi connectivity index (χ1v) is 12.4. The Kier molecular flexibility index (Phi) is 6.24. The van der Waals surface area contributed by atoms with Crippen LogP contribution in [0, 0.1) is 6.92 Å². The highest BCUT2D eigenvalue weighted by molar-refractivity contribution is 5.89. The summed E-state index contributed by atoms with van der Waals surface area (Å²) in [7, 11) is 0. The molecule has 0 bridgehead atoms. The van der Waals surface area contributed by atoms with Gasteiger partial charge in [-0.1, -0.05) is 60.2 Å². The molecule has 3 fully saturated rings. The Morgan fingerprint density at radius 3 is 2.45 bits per heavy atom. The quantitative estimate of drug-likeness (QED) is 0.706. The number of ether oxygens (including phenoxy) is 1. The maximum atomic E-state index is 14.3. The molecule has 2 aromatic carbocycles. The fraction of sp³-hybridized carbons (Fsp3) is 0.500. The summed E-state index contributed by atoms with van der Waals surface area (Å²) in [6, 6.07) is 18.9. The van der Waals surface area contributed by atoms with Gasteiger partial charge in [-0.15, -0.1) is 0 Å². The minimum absolute atomic E-state index is 0.0952. The summed E-state index contributed by atoms with van der Waals surface area (Å²) >= 11 is 0. The Bertz CT molecular complexity index is 982. The third-order valence-corrected chi connectivity index (χ3v) is 7.94. The lowest BCUT2D eigenvalue weighted by atomic mass is 9.72. The lowest BCUT2D eigenvalue weighted by Gasteiger charge is -2.42. The van der Waals surface area contributed by atoms with E-state index in [0.29, 0.717) is 26.2 Å². The Balaban J connectivity index is 1.43. The second kappa shape index (κ2) is 9.30. The normalized spacial score (nSPS) is 24.9. The third kappa shape index (κ3) is 4.19. The molecule has 0 aromatic heterocycles. The van der Waals surface area contributed by atoms with Crippen molar-refractivity contribution in [2.45, 2.75) is 69.5 Å². The summed E-state index contributed by atoms with van der Waals surface area (Å²) < 4.78 is 5.68. The summed E-state index contributed by atoms with van der Waals surface area (Å²) in [6.07, 6.45) is 4.60. The van der Waals surface area contributed by atoms with Crippen molar-refractivity contribution in [3.05, 3.63) is 71.3 Å². The molecule has 174 valence electrons. The molecule has 0 radical (unpaired) electrons. The van der Waals surface area contributed by atoms with Crippen LogP contribution in [0.3, 0.4) is 0 Å². The van der Waals surface area contributed by atoms with Crippen LogP contribution in [0.1, 0.15) is 55.2 Å². The van der Waals surface area contributed by atoms with Crippen LogP contribution in [0.15, 0.2) is 54.6 Å². The van der Waals surface area contributed by atoms with Gasteiger partial charge in [0.1, 0.15) is 0 Å². The molecule has 5 nitrogen and oxygen atoms in total. The third-order valence-electron chi connectivity index (χ3n) is 7.94. The van der Waals surface area contributed by atoms with Gasteiger partial charge in [-0.3, -0.25) is 9.59 Å². The van der Waals surface area contributed by atoms with Gasteiger partial charge in [0.05, 0.1) is 17.5 Å². The van der Waals surface area contributed by atoms with Crippen LogP contribution in [-0.2, 0) is 26.3 Å². The number of likely N-dealkylation sites (tertiary alicyclic amines) is 2. The molecule has 2 amide bonds. The first kappa shape index (κ1) is 22.1. The number of fused-ring (bicyclic) bond motifs is 1. The molecule has 3 heterocycles. The topological polar surface area (TPSA) is 49.9 Å². The highest BCUT2D eigenvalue weighted by Crippen LogP contribution is 2.41. The zero-order valence-electron chi connectivity index (χ0n) is 19.5. The Hall–Kier alpha value is -2.66. The van der Waals surface area contributed by atoms with Crippen molar-refractivity contribution < 1.29 is 14.3 Å². The molecule has 3 saturated heterocycles. The van der Waals surface area contributed by atoms with E-state index in [4.69, 9.17) is 4.74 Å². The van der Waals surface area contributed by atoms with Crippen molar-refractivity contribution in [3.8, 4) is 0 Å². The summed E-state index contributed by atoms with van der Waals surface area (Å²) in [5.41, 5.74) is 2.93. The SMILES string of the molecule is Cc1ccc(C2(C(=O)N3CC[C@@H]4[C@H]3CCCC(=O)N4Cc3ccccc3)CCOCC2)cc1. The van der Waals surface area contributed by atoms with Crippen LogP contribution < -0.4 is 0 Å². The molecule has 0 aliphatic carbocycles. The molecule has 3 aliphatic rings. The fourth-order valence-electron chi connectivity index (χ4n) is 6.07. The maximum Gasteiger partial charge on any atom is 0.233 e. The van der Waals surface area contributed by atoms with Crippen LogP contribution in [-0.4, -0.2) is 53.5 Å². The summed E-state index contributed by atoms with van der Waals surface area (Å²) in [4.78, 5) is 31.5. The van der Waals surface area contributed by atoms with Gasteiger partial charge >= 0.3 is 0 Å². The number of nitrogens with zero attached hydrogens (tertiary/aromatic N) is 2. The van der Waals surface area contributed by atoms with Crippen molar-refractivity contribution in [2.24, 2.45) is 0 Å². The smallest absolute Gasteiger partial charge is 0.233 e. The van der Waals surface area contributed by atoms with Gasteiger partial charge in [0, 0.05) is 32.7 Å². The molecule has 3 aliphatic heterocycles. The average molecular weight is 447 g/mol. The molecule has 5 heteroatoms. The lowest BCUT2D eigenvalue weighted by molar-refractivity contribution is -0.143. The Morgan fingerprint density at radius 2 is 1.73 bits per heavy atom. The van der Waals surface area contributed by atoms with Crippen LogP contribution in [0.5, 0.6) is 0 Å². The predicted molar refractivity (Wildman–Crippen MR) is 128 cm³/mol. The van der Waals surface area contributed by atoms with Gasteiger partial charge < -0.3 is 14.5 Å². The maximum absolute atomic E-state index is 14.3. The second-order valence-corrected chi connectivity index (χ2v) is 9.88. The average Bonchev–Trinajstić information content (AvgIpc) is 3.20. The van der Waals surface area contributed by atoms with Gasteiger partial charge in [0.2, 0.25) is 11.8 Å². The van der Waals surface area contributed by atoms with Gasteiger partial charge in [0.25, 0.3) is 0 Å². The molecule has 0 saturated carbocycles. The number of hydrogen-bond donors (Lipinski definition) is 0. The minimum atomic E-state index is -0.526. The predicted octanol–water partition coefficient (Wildman–Crippen LogP) is 4.23. The van der Waals surface area contributed by atoms with Gasteiger partial charge in [-0.05, 0) is 50.2 Å². The number of amides is 2. The highest BCUT2D eigenvalue weighted by Gasteiger charge is 2.50. The number of carbonyl (C=O) groups excluding carboxylic acids is 2. The zero-order chi connectivity index (χ0) is 22.8. The number of benzene rings is 2. The van der Waals surface area contributed by atoms with E-state index >= 15 is 0 Å². The van der Waals surface area contributed by atoms with Crippen LogP contribution in [0.25, 0.3) is 0 Å². The van der Waals surface area contributed by atoms with Crippen molar-refractivity contribution in [3.63, 3.8) is 0 Å². The lowest BCUT2D eigenvalue weighted by Crippen LogP contribution is -2.54. The molecule has 0 unspecified atom stereocenters. The monoisotopic (exact) mass is 446 g/mol. The van der Waals surface area contributed by atoms with Crippen molar-refractivity contribution >= 4 is 11.8 Å². The number of hydrogen-bond acceptors (Lipinski definition) is 3. The van der Waals surface area contributed by atoms with E-state index in [1.54, 1.807) is 0 Å². The summed E-state index contributed by atoms with van der Waals surface area (Å²) in [5.74, 6) is 0.455. The zero-order valence-corrected chi connectivity index (χ0v) is 19.5. The summed E-state index contributed by atoms with van der Waals surface area (Å²) in [5, 5.41) is 0. The number of aryl methyl sites for hydroxylation is 1. The molecule has 5 rings (SSSR count). The van der Waals surface area contributed by atoms with E-state index in [1.165, 1.54) is 5.56 Å². The first-order chi connectivity index (χ1) is 16.1. The molecule has 2 aromatic rings. The standard InChI is InChI=1S/C28H34N2O3/c1-21-10-12-23(13-11-21)28(15-18-33-19-16-28)27(32)29-17-14-25-24(29)8-5-9-26(31)30(25)20-22-6-3-2-4-7-22/h2-4,6-7,10-13,24-25H,5,8-9,14-20H2,1H3/t24-,25-/m1/s1. The Labute approximate surface area is 196 Å². The number of rotatable bonds is 4. The van der Waals surface area contributed by atoms with E-state index in [-0.39, 0.29) is 23.9 Å². The van der Waals surface area contributed by atoms with Crippen LogP contribution in [0.4, 0.5) is 0 Å². The Morgan fingerprint density at radius 1 is 1.00 bits per heavy atom. The van der Waals surface area contributed by atoms with E-state index in [2.05, 4.69) is 53.1 Å². The van der Waals surface area contributed by atoms with Crippen LogP contribution in [0.2, 0.25) is 0 Å². The van der Waals surface area contributed by atoms with Crippen LogP contribution >= 0.6 is 0 Å². The van der Waals surface area contributed by atoms with Crippen molar-refractivity contribution in [1.82, 2.24) is 9.80 Å². The molecule has 0 N–H and O–H groups in total. The second-order valence-electron chi connectivity index (χ2n) is 9.88. The van der Waals surface area contributed by atoms with E-state index in [1.807, 2.05) is 18.2 Å². The highest BCUT2D eigenvalue weighted by atomic mass is 16.5. The van der Waals surface area contributed by atoms with Gasteiger partial charge in [0.15, 0.2) is 0 Å². The molecular formula is C28H34N2O3. The van der Waals surface area contributed by atoms with Gasteiger partial charge in [-0.25, -0.2) is 0 Å². The van der Waals surface area contributed by atoms with E-state index in [9.17, 15) is 9.59 Å². The van der Waals surface area contributed by atoms with Gasteiger partial charge in [-0.2, -0.15) is 0 Å². The minimum Gasteiger partial charge on any atom is -0.381 e. The fourth-order valence-corrected chi connectivity index (χ4v) is 6.07. The van der Waals surface area contributed by atoms with Crippen molar-refractivity contribution in [1.29, 1.82) is 0 Å². The molecule has 2 atom stereocenters. The number of carbonyl (C=O) groups is 2. The molecule has 33 heavy (non-hydrogen) atoms. The first-order valence-electron chi connectivity index (χ1n) is 12.4. The molecular weight excluding hydrogens is 412 g/mol. The van der Waals surface area contributed by atoms with E-state index < -0.39 is 5.41 Å². The van der Waals surface area contributed by atoms with E-state index in [0.717, 1.165) is 49.8 Å². The summed E-state index contributed by atoms with van der Waals surface area (Å²) in [6.45, 7) is 4.65. The molecule has 0 spiro atoms. The van der Waals surface area contributed by atoms with Crippen molar-refractivity contribution in [2.75, 3.05) is 19.8 Å².